The lowest BCUT2D eigenvalue weighted by Gasteiger charge is -2.12. The van der Waals surface area contributed by atoms with Crippen LogP contribution >= 0.6 is 0 Å². The first kappa shape index (κ1) is 12.4. The number of hydrogen-bond donors (Lipinski definition) is 0. The van der Waals surface area contributed by atoms with Crippen molar-refractivity contribution >= 4 is 12.7 Å². The summed E-state index contributed by atoms with van der Waals surface area (Å²) in [6.45, 7) is 4.59. The van der Waals surface area contributed by atoms with Crippen molar-refractivity contribution in [1.29, 1.82) is 0 Å². The maximum Gasteiger partial charge on any atom is 0.160 e. The van der Waals surface area contributed by atoms with Crippen LogP contribution in [0.1, 0.15) is 46.0 Å². The third-order valence-electron chi connectivity index (χ3n) is 3.16. The number of unbranched alkanes of at least 4 members (excludes halogenated alkanes) is 2. The fraction of sp³-hybridized carbons (Fsp3) is 0.571. The van der Waals surface area contributed by atoms with E-state index in [0.29, 0.717) is 0 Å². The second-order valence-electron chi connectivity index (χ2n) is 4.46. The summed E-state index contributed by atoms with van der Waals surface area (Å²) in [5, 5.41) is 0. The molecule has 0 saturated carbocycles. The van der Waals surface area contributed by atoms with Crippen molar-refractivity contribution < 1.29 is 0 Å². The maximum atomic E-state index is 2.32. The van der Waals surface area contributed by atoms with E-state index in [9.17, 15) is 0 Å². The molecule has 1 aromatic rings. The predicted octanol–water partition coefficient (Wildman–Crippen LogP) is 3.53. The highest BCUT2D eigenvalue weighted by atomic mass is 14.0. The van der Waals surface area contributed by atoms with E-state index < -0.39 is 0 Å². The standard InChI is InChI=1S/C14H23B/c1-3-5-7-10-13(4-2)15-14-11-8-6-9-12-14/h6,8-9,11-13,15H,3-5,7,10H2,1-2H3. The van der Waals surface area contributed by atoms with Gasteiger partial charge in [0.05, 0.1) is 0 Å². The fourth-order valence-corrected chi connectivity index (χ4v) is 2.08. The second kappa shape index (κ2) is 7.56. The van der Waals surface area contributed by atoms with Crippen LogP contribution in [-0.2, 0) is 0 Å². The number of benzene rings is 1. The molecule has 0 heterocycles. The zero-order valence-electron chi connectivity index (χ0n) is 10.2. The molecule has 0 radical (unpaired) electrons. The van der Waals surface area contributed by atoms with E-state index in [4.69, 9.17) is 0 Å². The van der Waals surface area contributed by atoms with Gasteiger partial charge in [0.25, 0.3) is 0 Å². The molecule has 0 aliphatic heterocycles. The Bertz CT molecular complexity index is 243. The quantitative estimate of drug-likeness (QED) is 0.468. The third kappa shape index (κ3) is 5.06. The molecular weight excluding hydrogens is 179 g/mol. The van der Waals surface area contributed by atoms with Gasteiger partial charge in [-0.3, -0.25) is 0 Å². The van der Waals surface area contributed by atoms with Crippen LogP contribution in [0.25, 0.3) is 0 Å². The Morgan fingerprint density at radius 2 is 1.80 bits per heavy atom. The lowest BCUT2D eigenvalue weighted by atomic mass is 9.57. The van der Waals surface area contributed by atoms with Crippen LogP contribution in [-0.4, -0.2) is 7.28 Å². The van der Waals surface area contributed by atoms with E-state index in [1.807, 2.05) is 0 Å². The topological polar surface area (TPSA) is 0 Å². The molecule has 1 unspecified atom stereocenters. The van der Waals surface area contributed by atoms with E-state index in [-0.39, 0.29) is 0 Å². The first-order chi connectivity index (χ1) is 7.36. The SMILES string of the molecule is CCCCCC(Bc1ccccc1)CC. The molecule has 0 N–H and O–H groups in total. The zero-order chi connectivity index (χ0) is 10.9. The third-order valence-corrected chi connectivity index (χ3v) is 3.16. The minimum atomic E-state index is 0.888. The van der Waals surface area contributed by atoms with Gasteiger partial charge in [0.2, 0.25) is 0 Å². The minimum Gasteiger partial charge on any atom is -0.0842 e. The largest absolute Gasteiger partial charge is 0.160 e. The lowest BCUT2D eigenvalue weighted by molar-refractivity contribution is 0.621. The van der Waals surface area contributed by atoms with E-state index in [1.165, 1.54) is 44.8 Å². The van der Waals surface area contributed by atoms with Crippen LogP contribution < -0.4 is 5.46 Å². The van der Waals surface area contributed by atoms with Crippen molar-refractivity contribution in [2.24, 2.45) is 0 Å². The molecule has 0 aromatic heterocycles. The molecule has 0 aliphatic rings. The molecule has 0 aliphatic carbocycles. The monoisotopic (exact) mass is 202 g/mol. The average Bonchev–Trinajstić information content (AvgIpc) is 2.29. The van der Waals surface area contributed by atoms with Crippen molar-refractivity contribution in [2.75, 3.05) is 0 Å². The summed E-state index contributed by atoms with van der Waals surface area (Å²) in [4.78, 5) is 0. The van der Waals surface area contributed by atoms with Gasteiger partial charge in [-0.25, -0.2) is 0 Å². The summed E-state index contributed by atoms with van der Waals surface area (Å²) in [5.74, 6) is 0.888. The summed E-state index contributed by atoms with van der Waals surface area (Å²) in [6, 6.07) is 10.9. The predicted molar refractivity (Wildman–Crippen MR) is 71.4 cm³/mol. The Hall–Kier alpha value is -0.715. The number of hydrogen-bond acceptors (Lipinski definition) is 0. The summed E-state index contributed by atoms with van der Waals surface area (Å²) >= 11 is 0. The van der Waals surface area contributed by atoms with Crippen LogP contribution in [0.2, 0.25) is 5.82 Å². The Kier molecular flexibility index (Phi) is 6.23. The first-order valence-corrected chi connectivity index (χ1v) is 6.40. The molecule has 0 saturated heterocycles. The van der Waals surface area contributed by atoms with Gasteiger partial charge in [0, 0.05) is 0 Å². The molecule has 0 nitrogen and oxygen atoms in total. The van der Waals surface area contributed by atoms with E-state index in [2.05, 4.69) is 44.2 Å². The van der Waals surface area contributed by atoms with Gasteiger partial charge in [-0.1, -0.05) is 87.6 Å². The minimum absolute atomic E-state index is 0.888. The van der Waals surface area contributed by atoms with E-state index in [0.717, 1.165) is 5.82 Å². The number of rotatable bonds is 7. The molecule has 82 valence electrons. The highest BCUT2D eigenvalue weighted by molar-refractivity contribution is 6.54. The normalized spacial score (nSPS) is 12.4. The Labute approximate surface area is 95.3 Å². The van der Waals surface area contributed by atoms with Gasteiger partial charge in [0.15, 0.2) is 7.28 Å². The van der Waals surface area contributed by atoms with Gasteiger partial charge in [-0.05, 0) is 0 Å². The average molecular weight is 202 g/mol. The Balaban J connectivity index is 2.33. The summed E-state index contributed by atoms with van der Waals surface area (Å²) in [7, 11) is 1.26. The summed E-state index contributed by atoms with van der Waals surface area (Å²) < 4.78 is 0. The van der Waals surface area contributed by atoms with Gasteiger partial charge >= 0.3 is 0 Å². The molecule has 0 spiro atoms. The second-order valence-corrected chi connectivity index (χ2v) is 4.46. The molecule has 1 atom stereocenters. The summed E-state index contributed by atoms with van der Waals surface area (Å²) in [6.07, 6.45) is 6.85. The molecule has 0 amide bonds. The van der Waals surface area contributed by atoms with Crippen molar-refractivity contribution in [2.45, 2.75) is 51.8 Å². The van der Waals surface area contributed by atoms with Gasteiger partial charge in [-0.2, -0.15) is 0 Å². The first-order valence-electron chi connectivity index (χ1n) is 6.40. The molecule has 1 aromatic carbocycles. The van der Waals surface area contributed by atoms with Gasteiger partial charge < -0.3 is 0 Å². The Morgan fingerprint density at radius 3 is 2.40 bits per heavy atom. The van der Waals surface area contributed by atoms with Crippen molar-refractivity contribution in [3.63, 3.8) is 0 Å². The summed E-state index contributed by atoms with van der Waals surface area (Å²) in [5.41, 5.74) is 1.50. The van der Waals surface area contributed by atoms with E-state index >= 15 is 0 Å². The van der Waals surface area contributed by atoms with Crippen molar-refractivity contribution in [1.82, 2.24) is 0 Å². The van der Waals surface area contributed by atoms with Crippen LogP contribution in [0.5, 0.6) is 0 Å². The van der Waals surface area contributed by atoms with Crippen LogP contribution in [0.15, 0.2) is 30.3 Å². The molecule has 1 rings (SSSR count). The fourth-order valence-electron chi connectivity index (χ4n) is 2.08. The highest BCUT2D eigenvalue weighted by Crippen LogP contribution is 2.17. The Morgan fingerprint density at radius 1 is 1.07 bits per heavy atom. The van der Waals surface area contributed by atoms with Crippen molar-refractivity contribution in [3.8, 4) is 0 Å². The molecule has 15 heavy (non-hydrogen) atoms. The van der Waals surface area contributed by atoms with E-state index in [1.54, 1.807) is 0 Å². The van der Waals surface area contributed by atoms with Crippen molar-refractivity contribution in [3.05, 3.63) is 30.3 Å². The molecule has 1 heteroatoms. The molecule has 0 bridgehead atoms. The van der Waals surface area contributed by atoms with Crippen LogP contribution in [0.4, 0.5) is 0 Å². The van der Waals surface area contributed by atoms with Crippen LogP contribution in [0, 0.1) is 0 Å². The molecular formula is C14H23B. The van der Waals surface area contributed by atoms with Gasteiger partial charge in [0.1, 0.15) is 0 Å². The maximum absolute atomic E-state index is 2.32. The smallest absolute Gasteiger partial charge is 0.0842 e. The zero-order valence-corrected chi connectivity index (χ0v) is 10.2. The lowest BCUT2D eigenvalue weighted by Crippen LogP contribution is -2.18. The highest BCUT2D eigenvalue weighted by Gasteiger charge is 2.08. The van der Waals surface area contributed by atoms with Gasteiger partial charge in [-0.15, -0.1) is 0 Å². The van der Waals surface area contributed by atoms with Crippen LogP contribution in [0.3, 0.4) is 0 Å². The molecule has 0 fully saturated rings.